The summed E-state index contributed by atoms with van der Waals surface area (Å²) in [6.45, 7) is 10.2. The zero-order chi connectivity index (χ0) is 32.0. The van der Waals surface area contributed by atoms with E-state index >= 15 is 0 Å². The summed E-state index contributed by atoms with van der Waals surface area (Å²) in [5, 5.41) is 0. The van der Waals surface area contributed by atoms with Crippen molar-refractivity contribution in [3.8, 4) is 5.75 Å². The highest BCUT2D eigenvalue weighted by Crippen LogP contribution is 2.31. The number of likely N-dealkylation sites (tertiary alicyclic amines) is 1. The van der Waals surface area contributed by atoms with E-state index in [1.165, 1.54) is 16.7 Å². The minimum atomic E-state index is 0.109. The van der Waals surface area contributed by atoms with Gasteiger partial charge in [0.1, 0.15) is 11.9 Å². The van der Waals surface area contributed by atoms with Crippen LogP contribution in [0.5, 0.6) is 5.75 Å². The number of ether oxygens (including phenoxy) is 2. The highest BCUT2D eigenvalue weighted by Gasteiger charge is 2.27. The number of benzene rings is 4. The molecular weight excluding hydrogens is 568 g/mol. The largest absolute Gasteiger partial charge is 0.490 e. The van der Waals surface area contributed by atoms with Crippen LogP contribution in [0.1, 0.15) is 78.5 Å². The van der Waals surface area contributed by atoms with Crippen molar-refractivity contribution in [2.24, 2.45) is 0 Å². The first kappa shape index (κ1) is 33.6. The van der Waals surface area contributed by atoms with E-state index in [4.69, 9.17) is 9.47 Å². The Morgan fingerprint density at radius 2 is 1.24 bits per heavy atom. The lowest BCUT2D eigenvalue weighted by Crippen LogP contribution is -2.40. The van der Waals surface area contributed by atoms with E-state index in [0.717, 1.165) is 70.9 Å². The maximum atomic E-state index is 13.6. The van der Waals surface area contributed by atoms with Gasteiger partial charge < -0.3 is 14.4 Å². The maximum Gasteiger partial charge on any atom is 0.166 e. The van der Waals surface area contributed by atoms with E-state index in [-0.39, 0.29) is 17.9 Å². The molecule has 0 amide bonds. The monoisotopic (exact) mass is 618 g/mol. The average Bonchev–Trinajstić information content (AvgIpc) is 3.14. The third-order valence-corrected chi connectivity index (χ3v) is 9.18. The summed E-state index contributed by atoms with van der Waals surface area (Å²) in [5.41, 5.74) is 4.68. The molecule has 5 nitrogen and oxygen atoms in total. The van der Waals surface area contributed by atoms with Crippen molar-refractivity contribution in [3.05, 3.63) is 138 Å². The van der Waals surface area contributed by atoms with Crippen molar-refractivity contribution in [2.75, 3.05) is 45.9 Å². The van der Waals surface area contributed by atoms with Gasteiger partial charge in [-0.15, -0.1) is 0 Å². The van der Waals surface area contributed by atoms with Gasteiger partial charge in [-0.1, -0.05) is 117 Å². The average molecular weight is 619 g/mol. The van der Waals surface area contributed by atoms with Crippen molar-refractivity contribution in [3.63, 3.8) is 0 Å². The number of piperidine rings is 1. The first-order valence-electron chi connectivity index (χ1n) is 17.2. The number of rotatable bonds is 12. The Morgan fingerprint density at radius 1 is 0.717 bits per heavy atom. The van der Waals surface area contributed by atoms with Gasteiger partial charge in [-0.3, -0.25) is 9.69 Å². The molecule has 0 aliphatic carbocycles. The SMILES string of the molecule is CC.O=C(CCC(c1ccccc1)N1CCOCC1)c1ccccc1OC1CCN(CC(c2ccccc2)c2ccccc2)CC1. The molecule has 2 saturated heterocycles. The van der Waals surface area contributed by atoms with Crippen LogP contribution in [0.4, 0.5) is 0 Å². The van der Waals surface area contributed by atoms with Crippen LogP contribution in [0.25, 0.3) is 0 Å². The summed E-state index contributed by atoms with van der Waals surface area (Å²) in [6.07, 6.45) is 3.27. The number of para-hydroxylation sites is 1. The summed E-state index contributed by atoms with van der Waals surface area (Å²) in [5.74, 6) is 1.22. The molecule has 0 aromatic heterocycles. The lowest BCUT2D eigenvalue weighted by Gasteiger charge is -2.35. The molecule has 0 radical (unpaired) electrons. The third kappa shape index (κ3) is 9.16. The normalized spacial score (nSPS) is 16.8. The fourth-order valence-electron chi connectivity index (χ4n) is 6.75. The van der Waals surface area contributed by atoms with Crippen LogP contribution in [0.15, 0.2) is 115 Å². The topological polar surface area (TPSA) is 42.0 Å². The smallest absolute Gasteiger partial charge is 0.166 e. The summed E-state index contributed by atoms with van der Waals surface area (Å²) in [7, 11) is 0. The molecule has 0 bridgehead atoms. The number of ketones is 1. The van der Waals surface area contributed by atoms with E-state index in [9.17, 15) is 4.79 Å². The Bertz CT molecular complexity index is 1390. The molecule has 46 heavy (non-hydrogen) atoms. The zero-order valence-corrected chi connectivity index (χ0v) is 27.6. The number of morpholine rings is 1. The molecule has 4 aromatic rings. The van der Waals surface area contributed by atoms with Gasteiger partial charge in [0.2, 0.25) is 0 Å². The van der Waals surface area contributed by atoms with E-state index in [0.29, 0.717) is 17.9 Å². The van der Waals surface area contributed by atoms with Crippen molar-refractivity contribution >= 4 is 5.78 Å². The molecule has 6 rings (SSSR count). The summed E-state index contributed by atoms with van der Waals surface area (Å²) in [4.78, 5) is 18.7. The Morgan fingerprint density at radius 3 is 1.83 bits per heavy atom. The van der Waals surface area contributed by atoms with Crippen LogP contribution in [-0.2, 0) is 4.74 Å². The quantitative estimate of drug-likeness (QED) is 0.149. The van der Waals surface area contributed by atoms with Crippen molar-refractivity contribution in [1.82, 2.24) is 9.80 Å². The van der Waals surface area contributed by atoms with E-state index < -0.39 is 0 Å². The van der Waals surface area contributed by atoms with Crippen molar-refractivity contribution in [2.45, 2.75) is 57.6 Å². The van der Waals surface area contributed by atoms with E-state index in [1.807, 2.05) is 44.2 Å². The van der Waals surface area contributed by atoms with Gasteiger partial charge in [0.15, 0.2) is 5.78 Å². The van der Waals surface area contributed by atoms with Gasteiger partial charge in [0.05, 0.1) is 18.8 Å². The minimum absolute atomic E-state index is 0.109. The molecule has 1 unspecified atom stereocenters. The second-order valence-electron chi connectivity index (χ2n) is 12.0. The van der Waals surface area contributed by atoms with Gasteiger partial charge in [0, 0.05) is 51.1 Å². The van der Waals surface area contributed by atoms with E-state index in [2.05, 4.69) is 94.7 Å². The number of Topliss-reactive ketones (excluding diaryl/α,β-unsaturated/α-hetero) is 1. The second-order valence-corrected chi connectivity index (χ2v) is 12.0. The summed E-state index contributed by atoms with van der Waals surface area (Å²) in [6, 6.07) is 40.3. The molecule has 0 spiro atoms. The molecular formula is C41H50N2O3. The molecule has 2 aliphatic heterocycles. The number of carbonyl (C=O) groups excluding carboxylic acids is 1. The Hall–Kier alpha value is -3.77. The Kier molecular flexibility index (Phi) is 13.0. The lowest BCUT2D eigenvalue weighted by molar-refractivity contribution is 0.0139. The first-order chi connectivity index (χ1) is 22.7. The standard InChI is InChI=1S/C39H44N2O3.C2H6/c42-38(21-20-37(33-16-8-3-9-17-33)41-26-28-43-29-27-41)35-18-10-11-19-39(35)44-34-22-24-40(25-23-34)30-36(31-12-4-1-5-13-31)32-14-6-2-7-15-32;1-2/h1-19,34,36-37H,20-30H2;1-2H3. The lowest BCUT2D eigenvalue weighted by atomic mass is 9.90. The van der Waals surface area contributed by atoms with Gasteiger partial charge >= 0.3 is 0 Å². The van der Waals surface area contributed by atoms with Gasteiger partial charge in [-0.2, -0.15) is 0 Å². The van der Waals surface area contributed by atoms with Crippen LogP contribution in [0.2, 0.25) is 0 Å². The number of carbonyl (C=O) groups is 1. The fourth-order valence-corrected chi connectivity index (χ4v) is 6.75. The number of hydrogen-bond donors (Lipinski definition) is 0. The van der Waals surface area contributed by atoms with Crippen molar-refractivity contribution < 1.29 is 14.3 Å². The predicted octanol–water partition coefficient (Wildman–Crippen LogP) is 8.42. The molecule has 2 aliphatic rings. The minimum Gasteiger partial charge on any atom is -0.490 e. The highest BCUT2D eigenvalue weighted by molar-refractivity contribution is 5.98. The number of nitrogens with zero attached hydrogens (tertiary/aromatic N) is 2. The van der Waals surface area contributed by atoms with Crippen LogP contribution < -0.4 is 4.74 Å². The van der Waals surface area contributed by atoms with Crippen molar-refractivity contribution in [1.29, 1.82) is 0 Å². The van der Waals surface area contributed by atoms with Gasteiger partial charge in [-0.05, 0) is 48.1 Å². The number of hydrogen-bond acceptors (Lipinski definition) is 5. The maximum absolute atomic E-state index is 13.6. The van der Waals surface area contributed by atoms with Crippen LogP contribution in [-0.4, -0.2) is 67.6 Å². The molecule has 1 atom stereocenters. The van der Waals surface area contributed by atoms with E-state index in [1.54, 1.807) is 0 Å². The van der Waals surface area contributed by atoms with Crippen LogP contribution >= 0.6 is 0 Å². The molecule has 2 fully saturated rings. The molecule has 242 valence electrons. The Balaban J connectivity index is 0.00000204. The highest BCUT2D eigenvalue weighted by atomic mass is 16.5. The molecule has 0 saturated carbocycles. The third-order valence-electron chi connectivity index (χ3n) is 9.18. The van der Waals surface area contributed by atoms with Crippen LogP contribution in [0, 0.1) is 0 Å². The molecule has 0 N–H and O–H groups in total. The second kappa shape index (κ2) is 17.8. The molecule has 4 aromatic carbocycles. The summed E-state index contributed by atoms with van der Waals surface area (Å²) >= 11 is 0. The zero-order valence-electron chi connectivity index (χ0n) is 27.6. The molecule has 2 heterocycles. The Labute approximate surface area is 276 Å². The summed E-state index contributed by atoms with van der Waals surface area (Å²) < 4.78 is 12.2. The fraction of sp³-hybridized carbons (Fsp3) is 0.390. The van der Waals surface area contributed by atoms with Gasteiger partial charge in [-0.25, -0.2) is 0 Å². The first-order valence-corrected chi connectivity index (χ1v) is 17.2. The molecule has 5 heteroatoms. The van der Waals surface area contributed by atoms with Crippen LogP contribution in [0.3, 0.4) is 0 Å². The van der Waals surface area contributed by atoms with Gasteiger partial charge in [0.25, 0.3) is 0 Å². The predicted molar refractivity (Wildman–Crippen MR) is 188 cm³/mol.